The van der Waals surface area contributed by atoms with Gasteiger partial charge >= 0.3 is 6.01 Å². The number of aromatic nitrogens is 5. The lowest BCUT2D eigenvalue weighted by Crippen LogP contribution is -2.13. The first-order chi connectivity index (χ1) is 9.13. The van der Waals surface area contributed by atoms with Gasteiger partial charge in [-0.2, -0.15) is 15.0 Å². The molecular formula is C11H15ClN6O. The Balaban J connectivity index is 1.93. The first kappa shape index (κ1) is 13.5. The van der Waals surface area contributed by atoms with Crippen molar-refractivity contribution in [2.45, 2.75) is 26.4 Å². The highest BCUT2D eigenvalue weighted by Crippen LogP contribution is 2.12. The summed E-state index contributed by atoms with van der Waals surface area (Å²) < 4.78 is 5.38. The smallest absolute Gasteiger partial charge is 0.322 e. The normalized spacial score (nSPS) is 10.7. The van der Waals surface area contributed by atoms with Gasteiger partial charge in [-0.15, -0.1) is 0 Å². The highest BCUT2D eigenvalue weighted by molar-refractivity contribution is 6.28. The molecule has 0 aromatic carbocycles. The van der Waals surface area contributed by atoms with Crippen LogP contribution in [0.3, 0.4) is 0 Å². The minimum atomic E-state index is -0.0190. The van der Waals surface area contributed by atoms with Gasteiger partial charge in [-0.1, -0.05) is 0 Å². The van der Waals surface area contributed by atoms with Crippen molar-refractivity contribution in [3.05, 3.63) is 23.5 Å². The number of hydrogen-bond acceptors (Lipinski definition) is 6. The fourth-order valence-corrected chi connectivity index (χ4v) is 1.55. The van der Waals surface area contributed by atoms with E-state index in [1.165, 1.54) is 0 Å². The predicted octanol–water partition coefficient (Wildman–Crippen LogP) is 1.69. The topological polar surface area (TPSA) is 88.6 Å². The molecule has 0 atom stereocenters. The molecule has 0 aliphatic carbocycles. The molecule has 0 saturated heterocycles. The number of imidazole rings is 1. The Morgan fingerprint density at radius 2 is 2.21 bits per heavy atom. The van der Waals surface area contributed by atoms with Crippen molar-refractivity contribution < 1.29 is 4.74 Å². The Labute approximate surface area is 115 Å². The van der Waals surface area contributed by atoms with Gasteiger partial charge in [-0.3, -0.25) is 0 Å². The molecular weight excluding hydrogens is 268 g/mol. The number of halogens is 1. The molecule has 102 valence electrons. The summed E-state index contributed by atoms with van der Waals surface area (Å²) in [6, 6.07) is 0.218. The lowest BCUT2D eigenvalue weighted by molar-refractivity contribution is 0.222. The minimum Gasteiger partial charge on any atom is -0.461 e. The third-order valence-corrected chi connectivity index (χ3v) is 2.30. The van der Waals surface area contributed by atoms with Crippen LogP contribution in [0.4, 0.5) is 5.95 Å². The molecule has 0 aliphatic heterocycles. The molecule has 8 heteroatoms. The monoisotopic (exact) mass is 282 g/mol. The van der Waals surface area contributed by atoms with Crippen LogP contribution >= 0.6 is 11.6 Å². The van der Waals surface area contributed by atoms with E-state index in [1.807, 2.05) is 13.8 Å². The zero-order valence-corrected chi connectivity index (χ0v) is 11.5. The van der Waals surface area contributed by atoms with Crippen molar-refractivity contribution in [2.24, 2.45) is 0 Å². The molecule has 2 rings (SSSR count). The van der Waals surface area contributed by atoms with Crippen LogP contribution in [0.5, 0.6) is 6.01 Å². The molecule has 0 unspecified atom stereocenters. The Kier molecular flexibility index (Phi) is 4.51. The average molecular weight is 283 g/mol. The third-order valence-electron chi connectivity index (χ3n) is 2.13. The summed E-state index contributed by atoms with van der Waals surface area (Å²) in [4.78, 5) is 19.1. The summed E-state index contributed by atoms with van der Waals surface area (Å²) in [5.41, 5.74) is 0. The second kappa shape index (κ2) is 6.33. The van der Waals surface area contributed by atoms with E-state index in [1.54, 1.807) is 12.4 Å². The van der Waals surface area contributed by atoms with Gasteiger partial charge in [0.05, 0.1) is 6.10 Å². The molecule has 7 nitrogen and oxygen atoms in total. The second-order valence-corrected chi connectivity index (χ2v) is 4.43. The van der Waals surface area contributed by atoms with Crippen LogP contribution in [0, 0.1) is 0 Å². The summed E-state index contributed by atoms with van der Waals surface area (Å²) >= 11 is 5.81. The molecule has 0 aliphatic rings. The number of hydrogen-bond donors (Lipinski definition) is 2. The Bertz CT molecular complexity index is 516. The first-order valence-electron chi connectivity index (χ1n) is 5.94. The van der Waals surface area contributed by atoms with E-state index in [9.17, 15) is 0 Å². The number of aromatic amines is 1. The van der Waals surface area contributed by atoms with Crippen molar-refractivity contribution >= 4 is 17.5 Å². The van der Waals surface area contributed by atoms with Crippen molar-refractivity contribution in [1.82, 2.24) is 24.9 Å². The van der Waals surface area contributed by atoms with Crippen molar-refractivity contribution in [3.8, 4) is 6.01 Å². The van der Waals surface area contributed by atoms with Crippen molar-refractivity contribution in [2.75, 3.05) is 11.9 Å². The summed E-state index contributed by atoms with van der Waals surface area (Å²) in [5.74, 6) is 1.29. The molecule has 2 N–H and O–H groups in total. The Morgan fingerprint density at radius 3 is 2.89 bits per heavy atom. The Morgan fingerprint density at radius 1 is 1.37 bits per heavy atom. The summed E-state index contributed by atoms with van der Waals surface area (Å²) in [6.07, 6.45) is 4.21. The summed E-state index contributed by atoms with van der Waals surface area (Å²) in [7, 11) is 0. The van der Waals surface area contributed by atoms with Gasteiger partial charge < -0.3 is 15.0 Å². The van der Waals surface area contributed by atoms with Gasteiger partial charge in [0.2, 0.25) is 11.2 Å². The molecule has 2 aromatic heterocycles. The quantitative estimate of drug-likeness (QED) is 0.838. The summed E-state index contributed by atoms with van der Waals surface area (Å²) in [5, 5.41) is 3.15. The predicted molar refractivity (Wildman–Crippen MR) is 71.4 cm³/mol. The molecule has 0 bridgehead atoms. The number of ether oxygens (including phenoxy) is 1. The van der Waals surface area contributed by atoms with Crippen LogP contribution in [0.1, 0.15) is 19.7 Å². The highest BCUT2D eigenvalue weighted by Gasteiger charge is 2.07. The summed E-state index contributed by atoms with van der Waals surface area (Å²) in [6.45, 7) is 4.42. The van der Waals surface area contributed by atoms with Crippen molar-refractivity contribution in [1.29, 1.82) is 0 Å². The zero-order valence-electron chi connectivity index (χ0n) is 10.7. The van der Waals surface area contributed by atoms with Crippen LogP contribution in [-0.4, -0.2) is 37.6 Å². The lowest BCUT2D eigenvalue weighted by atomic mass is 10.4. The van der Waals surface area contributed by atoms with E-state index in [-0.39, 0.29) is 17.4 Å². The molecule has 2 aromatic rings. The average Bonchev–Trinajstić information content (AvgIpc) is 2.80. The molecule has 2 heterocycles. The van der Waals surface area contributed by atoms with Gasteiger partial charge in [-0.25, -0.2) is 4.98 Å². The minimum absolute atomic E-state index is 0.0190. The van der Waals surface area contributed by atoms with Gasteiger partial charge in [0.25, 0.3) is 0 Å². The van der Waals surface area contributed by atoms with E-state index < -0.39 is 0 Å². The fraction of sp³-hybridized carbons (Fsp3) is 0.455. The second-order valence-electron chi connectivity index (χ2n) is 4.09. The lowest BCUT2D eigenvalue weighted by Gasteiger charge is -2.09. The van der Waals surface area contributed by atoms with Crippen LogP contribution in [0.25, 0.3) is 0 Å². The van der Waals surface area contributed by atoms with Crippen LogP contribution < -0.4 is 10.1 Å². The Hall–Kier alpha value is -1.89. The zero-order chi connectivity index (χ0) is 13.7. The number of rotatable bonds is 6. The van der Waals surface area contributed by atoms with E-state index in [2.05, 4.69) is 30.2 Å². The number of H-pyrrole nitrogens is 1. The number of anilines is 1. The fourth-order valence-electron chi connectivity index (χ4n) is 1.40. The van der Waals surface area contributed by atoms with E-state index in [4.69, 9.17) is 16.3 Å². The van der Waals surface area contributed by atoms with Crippen LogP contribution in [0.2, 0.25) is 5.28 Å². The van der Waals surface area contributed by atoms with Crippen LogP contribution in [0.15, 0.2) is 12.4 Å². The SMILES string of the molecule is CC(C)Oc1nc(Cl)nc(NCCc2ncc[nH]2)n1. The van der Waals surface area contributed by atoms with E-state index in [0.717, 1.165) is 12.2 Å². The highest BCUT2D eigenvalue weighted by atomic mass is 35.5. The number of nitrogens with one attached hydrogen (secondary N) is 2. The number of nitrogens with zero attached hydrogens (tertiary/aromatic N) is 4. The van der Waals surface area contributed by atoms with Crippen LogP contribution in [-0.2, 0) is 6.42 Å². The van der Waals surface area contributed by atoms with Gasteiger partial charge in [-0.05, 0) is 25.4 Å². The molecule has 0 spiro atoms. The molecule has 0 amide bonds. The maximum Gasteiger partial charge on any atom is 0.322 e. The largest absolute Gasteiger partial charge is 0.461 e. The van der Waals surface area contributed by atoms with Gasteiger partial charge in [0.15, 0.2) is 0 Å². The third kappa shape index (κ3) is 4.36. The van der Waals surface area contributed by atoms with E-state index in [0.29, 0.717) is 12.5 Å². The molecule has 0 radical (unpaired) electrons. The van der Waals surface area contributed by atoms with Gasteiger partial charge in [0.1, 0.15) is 5.82 Å². The molecule has 0 saturated carbocycles. The first-order valence-corrected chi connectivity index (χ1v) is 6.31. The van der Waals surface area contributed by atoms with Crippen molar-refractivity contribution in [3.63, 3.8) is 0 Å². The van der Waals surface area contributed by atoms with Gasteiger partial charge in [0, 0.05) is 25.4 Å². The molecule has 19 heavy (non-hydrogen) atoms. The molecule has 0 fully saturated rings. The maximum atomic E-state index is 5.81. The van der Waals surface area contributed by atoms with E-state index >= 15 is 0 Å². The standard InChI is InChI=1S/C11H15ClN6O/c1-7(2)19-11-17-9(12)16-10(18-11)15-4-3-8-13-5-6-14-8/h5-7H,3-4H2,1-2H3,(H,13,14)(H,15,16,17,18). The maximum absolute atomic E-state index is 5.81.